The molecule has 172 valence electrons. The molecule has 0 amide bonds. The van der Waals surface area contributed by atoms with Gasteiger partial charge in [0.05, 0.1) is 28.6 Å². The van der Waals surface area contributed by atoms with Crippen molar-refractivity contribution in [1.29, 1.82) is 0 Å². The van der Waals surface area contributed by atoms with Crippen LogP contribution < -0.4 is 10.5 Å². The molecule has 2 aliphatic heterocycles. The smallest absolute Gasteiger partial charge is 0.348 e. The van der Waals surface area contributed by atoms with E-state index >= 15 is 0 Å². The van der Waals surface area contributed by atoms with Crippen LogP contribution in [0.1, 0.15) is 49.7 Å². The Kier molecular flexibility index (Phi) is 4.95. The molecule has 1 spiro atoms. The van der Waals surface area contributed by atoms with E-state index < -0.39 is 39.6 Å². The number of alkyl halides is 3. The Morgan fingerprint density at radius 1 is 1.31 bits per heavy atom. The number of nitro groups is 1. The van der Waals surface area contributed by atoms with E-state index in [2.05, 4.69) is 4.98 Å². The number of ether oxygens (including phenoxy) is 2. The third-order valence-corrected chi connectivity index (χ3v) is 7.33. The molecule has 5 rings (SSSR count). The van der Waals surface area contributed by atoms with Gasteiger partial charge in [-0.05, 0) is 31.2 Å². The molecular formula is C20H20F3N3O5S. The number of aromatic nitrogens is 1. The van der Waals surface area contributed by atoms with E-state index in [1.165, 1.54) is 0 Å². The fourth-order valence-electron chi connectivity index (χ4n) is 4.54. The van der Waals surface area contributed by atoms with Gasteiger partial charge in [0.2, 0.25) is 0 Å². The van der Waals surface area contributed by atoms with Crippen molar-refractivity contribution in [3.8, 4) is 0 Å². The summed E-state index contributed by atoms with van der Waals surface area (Å²) in [5, 5.41) is 11.7. The highest BCUT2D eigenvalue weighted by atomic mass is 32.1. The number of hydrogen-bond donors (Lipinski definition) is 0. The van der Waals surface area contributed by atoms with E-state index in [1.807, 2.05) is 11.8 Å². The summed E-state index contributed by atoms with van der Waals surface area (Å²) in [7, 11) is 0. The Hall–Kier alpha value is -2.31. The Labute approximate surface area is 184 Å². The quantitative estimate of drug-likeness (QED) is 0.489. The summed E-state index contributed by atoms with van der Waals surface area (Å²) in [4.78, 5) is 29.7. The van der Waals surface area contributed by atoms with Gasteiger partial charge in [0, 0.05) is 32.0 Å². The zero-order valence-electron chi connectivity index (χ0n) is 17.1. The first kappa shape index (κ1) is 21.5. The third-order valence-electron chi connectivity index (χ3n) is 6.19. The van der Waals surface area contributed by atoms with Crippen LogP contribution in [0.15, 0.2) is 10.9 Å². The summed E-state index contributed by atoms with van der Waals surface area (Å²) in [5.41, 5.74) is -2.83. The van der Waals surface area contributed by atoms with Crippen LogP contribution in [-0.4, -0.2) is 41.5 Å². The number of rotatable bonds is 3. The van der Waals surface area contributed by atoms with Crippen LogP contribution in [0.4, 0.5) is 24.0 Å². The van der Waals surface area contributed by atoms with Crippen LogP contribution in [0.2, 0.25) is 0 Å². The van der Waals surface area contributed by atoms with E-state index in [9.17, 15) is 28.1 Å². The summed E-state index contributed by atoms with van der Waals surface area (Å²) in [6.45, 7) is 3.32. The van der Waals surface area contributed by atoms with E-state index in [0.717, 1.165) is 11.3 Å². The average Bonchev–Trinajstić information content (AvgIpc) is 3.50. The maximum atomic E-state index is 13.7. The number of non-ortho nitro benzene ring substituents is 1. The van der Waals surface area contributed by atoms with Gasteiger partial charge in [-0.2, -0.15) is 18.2 Å². The maximum Gasteiger partial charge on any atom is 0.416 e. The van der Waals surface area contributed by atoms with Crippen LogP contribution in [0.3, 0.4) is 0 Å². The van der Waals surface area contributed by atoms with Crippen LogP contribution in [0, 0.1) is 10.1 Å². The van der Waals surface area contributed by atoms with Crippen molar-refractivity contribution >= 4 is 32.2 Å². The summed E-state index contributed by atoms with van der Waals surface area (Å²) < 4.78 is 52.8. The lowest BCUT2D eigenvalue weighted by molar-refractivity contribution is -0.383. The normalized spacial score (nSPS) is 23.2. The molecule has 12 heteroatoms. The minimum absolute atomic E-state index is 0.0114. The molecule has 0 N–H and O–H groups in total. The lowest BCUT2D eigenvalue weighted by Gasteiger charge is -2.38. The van der Waals surface area contributed by atoms with Crippen molar-refractivity contribution in [2.24, 2.45) is 0 Å². The number of halogens is 3. The second-order valence-corrected chi connectivity index (χ2v) is 9.51. The molecule has 1 aromatic carbocycles. The molecule has 0 bridgehead atoms. The van der Waals surface area contributed by atoms with Gasteiger partial charge < -0.3 is 14.4 Å². The van der Waals surface area contributed by atoms with Crippen molar-refractivity contribution in [1.82, 2.24) is 4.98 Å². The zero-order valence-corrected chi connectivity index (χ0v) is 17.9. The molecule has 1 saturated carbocycles. The van der Waals surface area contributed by atoms with Gasteiger partial charge in [0.15, 0.2) is 10.9 Å². The first-order chi connectivity index (χ1) is 15.1. The number of hydrogen-bond acceptors (Lipinski definition) is 8. The standard InChI is InChI=1S/C20H20F3N3O5S/c1-10-9-30-19(31-10)4-6-25(7-5-19)18-24-17(27)15-14(11-2-3-11)12(20(21,22)23)8-13(26(28)29)16(15)32-18/h8,10-11H,2-7,9H2,1H3/t10-/m0/s1. The molecule has 2 saturated heterocycles. The molecule has 1 atom stereocenters. The zero-order chi connectivity index (χ0) is 22.8. The minimum atomic E-state index is -4.80. The molecule has 8 nitrogen and oxygen atoms in total. The monoisotopic (exact) mass is 471 g/mol. The highest BCUT2D eigenvalue weighted by Gasteiger charge is 2.44. The predicted molar refractivity (Wildman–Crippen MR) is 110 cm³/mol. The molecule has 3 fully saturated rings. The second kappa shape index (κ2) is 7.35. The van der Waals surface area contributed by atoms with Gasteiger partial charge >= 0.3 is 6.18 Å². The highest BCUT2D eigenvalue weighted by molar-refractivity contribution is 7.22. The lowest BCUT2D eigenvalue weighted by atomic mass is 9.98. The molecule has 0 radical (unpaired) electrons. The Morgan fingerprint density at radius 2 is 2.00 bits per heavy atom. The molecule has 3 aliphatic rings. The van der Waals surface area contributed by atoms with Crippen molar-refractivity contribution in [2.75, 3.05) is 24.6 Å². The number of benzene rings is 1. The maximum absolute atomic E-state index is 13.7. The van der Waals surface area contributed by atoms with E-state index in [4.69, 9.17) is 9.47 Å². The summed E-state index contributed by atoms with van der Waals surface area (Å²) in [6.07, 6.45) is -2.74. The number of fused-ring (bicyclic) bond motifs is 1. The van der Waals surface area contributed by atoms with Crippen LogP contribution >= 0.6 is 11.3 Å². The molecule has 3 heterocycles. The van der Waals surface area contributed by atoms with Crippen LogP contribution in [0.25, 0.3) is 10.1 Å². The average molecular weight is 471 g/mol. The van der Waals surface area contributed by atoms with Crippen LogP contribution in [-0.2, 0) is 15.7 Å². The summed E-state index contributed by atoms with van der Waals surface area (Å²) in [6, 6.07) is 0.572. The Balaban J connectivity index is 1.60. The van der Waals surface area contributed by atoms with Gasteiger partial charge in [-0.25, -0.2) is 0 Å². The lowest BCUT2D eigenvalue weighted by Crippen LogP contribution is -2.45. The fraction of sp³-hybridized carbons (Fsp3) is 0.600. The minimum Gasteiger partial charge on any atom is -0.348 e. The number of anilines is 1. The SMILES string of the molecule is C[C@H]1COC2(CCN(c3nc(=O)c4c(C5CC5)c(C(F)(F)F)cc([N+](=O)[O-])c4s3)CC2)O1. The van der Waals surface area contributed by atoms with Crippen molar-refractivity contribution in [2.45, 2.75) is 56.6 Å². The molecule has 1 aromatic heterocycles. The third kappa shape index (κ3) is 3.63. The van der Waals surface area contributed by atoms with Gasteiger partial charge in [0.1, 0.15) is 4.70 Å². The van der Waals surface area contributed by atoms with Gasteiger partial charge in [-0.1, -0.05) is 11.3 Å². The van der Waals surface area contributed by atoms with E-state index in [-0.39, 0.29) is 26.9 Å². The van der Waals surface area contributed by atoms with Gasteiger partial charge in [-0.3, -0.25) is 14.9 Å². The first-order valence-corrected chi connectivity index (χ1v) is 11.2. The topological polar surface area (TPSA) is 94.8 Å². The fourth-order valence-corrected chi connectivity index (χ4v) is 5.70. The Morgan fingerprint density at radius 3 is 2.53 bits per heavy atom. The number of nitro benzene ring substituents is 1. The molecule has 1 aliphatic carbocycles. The van der Waals surface area contributed by atoms with Gasteiger partial charge in [-0.15, -0.1) is 0 Å². The van der Waals surface area contributed by atoms with Crippen LogP contribution in [0.5, 0.6) is 0 Å². The molecule has 0 unspecified atom stereocenters. The van der Waals surface area contributed by atoms with Crippen molar-refractivity contribution in [3.05, 3.63) is 37.7 Å². The Bertz CT molecular complexity index is 1160. The molecule has 32 heavy (non-hydrogen) atoms. The first-order valence-electron chi connectivity index (χ1n) is 10.4. The second-order valence-electron chi connectivity index (χ2n) is 8.53. The summed E-state index contributed by atoms with van der Waals surface area (Å²) >= 11 is 0.897. The van der Waals surface area contributed by atoms with Crippen molar-refractivity contribution in [3.63, 3.8) is 0 Å². The number of nitrogens with zero attached hydrogens (tertiary/aromatic N) is 3. The highest BCUT2D eigenvalue weighted by Crippen LogP contribution is 2.51. The largest absolute Gasteiger partial charge is 0.416 e. The summed E-state index contributed by atoms with van der Waals surface area (Å²) in [5.74, 6) is -1.11. The van der Waals surface area contributed by atoms with E-state index in [1.54, 1.807) is 0 Å². The van der Waals surface area contributed by atoms with Gasteiger partial charge in [0.25, 0.3) is 11.2 Å². The predicted octanol–water partition coefficient (Wildman–Crippen LogP) is 4.19. The molecular weight excluding hydrogens is 451 g/mol. The van der Waals surface area contributed by atoms with Crippen molar-refractivity contribution < 1.29 is 27.6 Å². The van der Waals surface area contributed by atoms with E-state index in [0.29, 0.717) is 51.4 Å². The number of piperidine rings is 1. The molecule has 2 aromatic rings.